The fourth-order valence-corrected chi connectivity index (χ4v) is 2.11. The summed E-state index contributed by atoms with van der Waals surface area (Å²) in [5.41, 5.74) is 0.440. The van der Waals surface area contributed by atoms with E-state index in [2.05, 4.69) is 23.9 Å². The summed E-state index contributed by atoms with van der Waals surface area (Å²) in [4.78, 5) is 15.2. The summed E-state index contributed by atoms with van der Waals surface area (Å²) in [6.07, 6.45) is 4.26. The molecule has 0 aromatic heterocycles. The van der Waals surface area contributed by atoms with Gasteiger partial charge in [-0.3, -0.25) is 4.90 Å². The zero-order chi connectivity index (χ0) is 12.1. The highest BCUT2D eigenvalue weighted by Crippen LogP contribution is 2.17. The molecule has 1 heterocycles. The molecule has 0 spiro atoms. The van der Waals surface area contributed by atoms with Crippen LogP contribution >= 0.6 is 0 Å². The topological polar surface area (TPSA) is 43.8 Å². The number of carboxylic acids is 1. The van der Waals surface area contributed by atoms with E-state index >= 15 is 0 Å². The van der Waals surface area contributed by atoms with Crippen molar-refractivity contribution in [3.05, 3.63) is 11.6 Å². The van der Waals surface area contributed by atoms with E-state index in [-0.39, 0.29) is 0 Å². The third kappa shape index (κ3) is 3.94. The van der Waals surface area contributed by atoms with Gasteiger partial charge in [0.15, 0.2) is 0 Å². The van der Waals surface area contributed by atoms with Crippen LogP contribution in [0.5, 0.6) is 0 Å². The molecule has 1 rings (SSSR count). The Morgan fingerprint density at radius 3 is 2.81 bits per heavy atom. The molecule has 1 fully saturated rings. The van der Waals surface area contributed by atoms with Crippen LogP contribution in [0.2, 0.25) is 0 Å². The first-order valence-corrected chi connectivity index (χ1v) is 5.79. The second-order valence-corrected chi connectivity index (χ2v) is 4.75. The van der Waals surface area contributed by atoms with Gasteiger partial charge in [0, 0.05) is 24.7 Å². The van der Waals surface area contributed by atoms with Crippen molar-refractivity contribution >= 4 is 5.97 Å². The zero-order valence-corrected chi connectivity index (χ0v) is 10.4. The Balaban J connectivity index is 2.47. The number of likely N-dealkylation sites (N-methyl/N-ethyl adjacent to an activating group) is 1. The highest BCUT2D eigenvalue weighted by atomic mass is 16.4. The van der Waals surface area contributed by atoms with Gasteiger partial charge in [0.2, 0.25) is 0 Å². The van der Waals surface area contributed by atoms with E-state index in [0.29, 0.717) is 11.6 Å². The summed E-state index contributed by atoms with van der Waals surface area (Å²) in [7, 11) is 4.16. The summed E-state index contributed by atoms with van der Waals surface area (Å²) in [6.45, 7) is 4.55. The Morgan fingerprint density at radius 1 is 1.56 bits per heavy atom. The van der Waals surface area contributed by atoms with Crippen LogP contribution in [0.4, 0.5) is 0 Å². The molecule has 1 aliphatic rings. The first-order chi connectivity index (χ1) is 7.50. The van der Waals surface area contributed by atoms with Crippen molar-refractivity contribution in [1.82, 2.24) is 9.80 Å². The minimum Gasteiger partial charge on any atom is -0.478 e. The third-order valence-electron chi connectivity index (χ3n) is 3.04. The second-order valence-electron chi connectivity index (χ2n) is 4.75. The quantitative estimate of drug-likeness (QED) is 0.711. The number of nitrogens with zero attached hydrogens (tertiary/aromatic N) is 2. The molecule has 0 aromatic rings. The standard InChI is InChI=1S/C12H22N2O2/c1-10(12(15)16)6-8-14-7-4-5-11(14)9-13(2)3/h6,11H,4-5,7-9H2,1-3H3,(H,15,16). The highest BCUT2D eigenvalue weighted by Gasteiger charge is 2.23. The molecular weight excluding hydrogens is 204 g/mol. The van der Waals surface area contributed by atoms with Crippen LogP contribution in [0.15, 0.2) is 11.6 Å². The molecule has 0 aromatic carbocycles. The van der Waals surface area contributed by atoms with E-state index in [1.54, 1.807) is 6.92 Å². The van der Waals surface area contributed by atoms with Crippen LogP contribution < -0.4 is 0 Å². The molecule has 1 N–H and O–H groups in total. The smallest absolute Gasteiger partial charge is 0.330 e. The summed E-state index contributed by atoms with van der Waals surface area (Å²) in [5, 5.41) is 8.77. The van der Waals surface area contributed by atoms with Crippen molar-refractivity contribution in [3.8, 4) is 0 Å². The largest absolute Gasteiger partial charge is 0.478 e. The molecule has 92 valence electrons. The molecule has 0 bridgehead atoms. The Bertz CT molecular complexity index is 274. The number of hydrogen-bond donors (Lipinski definition) is 1. The number of aliphatic carboxylic acids is 1. The second kappa shape index (κ2) is 6.01. The highest BCUT2D eigenvalue weighted by molar-refractivity contribution is 5.85. The van der Waals surface area contributed by atoms with Gasteiger partial charge in [-0.05, 0) is 40.4 Å². The molecule has 1 atom stereocenters. The third-order valence-corrected chi connectivity index (χ3v) is 3.04. The first kappa shape index (κ1) is 13.2. The summed E-state index contributed by atoms with van der Waals surface area (Å²) in [5.74, 6) is -0.816. The monoisotopic (exact) mass is 226 g/mol. The summed E-state index contributed by atoms with van der Waals surface area (Å²) in [6, 6.07) is 0.577. The molecule has 1 aliphatic heterocycles. The van der Waals surface area contributed by atoms with E-state index in [4.69, 9.17) is 5.11 Å². The predicted molar refractivity (Wildman–Crippen MR) is 64.5 cm³/mol. The van der Waals surface area contributed by atoms with E-state index in [9.17, 15) is 4.79 Å². The Kier molecular flexibility index (Phi) is 4.96. The average Bonchev–Trinajstić information content (AvgIpc) is 2.60. The van der Waals surface area contributed by atoms with Gasteiger partial charge in [0.25, 0.3) is 0 Å². The van der Waals surface area contributed by atoms with Gasteiger partial charge in [0.05, 0.1) is 0 Å². The Morgan fingerprint density at radius 2 is 2.25 bits per heavy atom. The minimum absolute atomic E-state index is 0.440. The molecule has 0 saturated carbocycles. The van der Waals surface area contributed by atoms with Crippen LogP contribution in [0, 0.1) is 0 Å². The van der Waals surface area contributed by atoms with Crippen molar-refractivity contribution in [1.29, 1.82) is 0 Å². The SMILES string of the molecule is CC(=CCN1CCCC1CN(C)C)C(=O)O. The number of carboxylic acid groups (broad SMARTS) is 1. The molecule has 0 radical (unpaired) electrons. The summed E-state index contributed by atoms with van der Waals surface area (Å²) >= 11 is 0. The fourth-order valence-electron chi connectivity index (χ4n) is 2.11. The number of likely N-dealkylation sites (tertiary alicyclic amines) is 1. The van der Waals surface area contributed by atoms with Gasteiger partial charge < -0.3 is 10.0 Å². The number of rotatable bonds is 5. The lowest BCUT2D eigenvalue weighted by molar-refractivity contribution is -0.132. The van der Waals surface area contributed by atoms with Gasteiger partial charge in [-0.1, -0.05) is 6.08 Å². The van der Waals surface area contributed by atoms with Gasteiger partial charge in [-0.15, -0.1) is 0 Å². The van der Waals surface area contributed by atoms with Crippen molar-refractivity contribution in [2.75, 3.05) is 33.7 Å². The molecule has 16 heavy (non-hydrogen) atoms. The van der Waals surface area contributed by atoms with Crippen LogP contribution in [0.25, 0.3) is 0 Å². The maximum Gasteiger partial charge on any atom is 0.330 e. The molecule has 0 amide bonds. The molecule has 1 saturated heterocycles. The Hall–Kier alpha value is -0.870. The van der Waals surface area contributed by atoms with Gasteiger partial charge in [-0.2, -0.15) is 0 Å². The Labute approximate surface area is 97.5 Å². The molecule has 4 heteroatoms. The summed E-state index contributed by atoms with van der Waals surface area (Å²) < 4.78 is 0. The lowest BCUT2D eigenvalue weighted by Gasteiger charge is -2.25. The van der Waals surface area contributed by atoms with Crippen LogP contribution in [-0.4, -0.2) is 60.6 Å². The maximum absolute atomic E-state index is 10.7. The van der Waals surface area contributed by atoms with E-state index in [1.165, 1.54) is 12.8 Å². The molecule has 4 nitrogen and oxygen atoms in total. The van der Waals surface area contributed by atoms with Crippen LogP contribution in [-0.2, 0) is 4.79 Å². The van der Waals surface area contributed by atoms with Gasteiger partial charge in [0.1, 0.15) is 0 Å². The van der Waals surface area contributed by atoms with E-state index in [1.807, 2.05) is 6.08 Å². The molecule has 0 aliphatic carbocycles. The predicted octanol–water partition coefficient (Wildman–Crippen LogP) is 1.04. The maximum atomic E-state index is 10.7. The van der Waals surface area contributed by atoms with Crippen molar-refractivity contribution in [2.24, 2.45) is 0 Å². The molecular formula is C12H22N2O2. The van der Waals surface area contributed by atoms with Crippen molar-refractivity contribution < 1.29 is 9.90 Å². The lowest BCUT2D eigenvalue weighted by atomic mass is 10.2. The van der Waals surface area contributed by atoms with Crippen molar-refractivity contribution in [2.45, 2.75) is 25.8 Å². The average molecular weight is 226 g/mol. The van der Waals surface area contributed by atoms with E-state index < -0.39 is 5.97 Å². The zero-order valence-electron chi connectivity index (χ0n) is 10.4. The van der Waals surface area contributed by atoms with E-state index in [0.717, 1.165) is 19.6 Å². The van der Waals surface area contributed by atoms with Gasteiger partial charge in [-0.25, -0.2) is 4.79 Å². The number of hydrogen-bond acceptors (Lipinski definition) is 3. The van der Waals surface area contributed by atoms with Crippen molar-refractivity contribution in [3.63, 3.8) is 0 Å². The fraction of sp³-hybridized carbons (Fsp3) is 0.750. The first-order valence-electron chi connectivity index (χ1n) is 5.79. The van der Waals surface area contributed by atoms with Crippen LogP contribution in [0.3, 0.4) is 0 Å². The van der Waals surface area contributed by atoms with Crippen LogP contribution in [0.1, 0.15) is 19.8 Å². The lowest BCUT2D eigenvalue weighted by Crippen LogP contribution is -2.37. The number of carbonyl (C=O) groups is 1. The normalized spacial score (nSPS) is 23.0. The van der Waals surface area contributed by atoms with Gasteiger partial charge >= 0.3 is 5.97 Å². The molecule has 1 unspecified atom stereocenters. The minimum atomic E-state index is -0.816.